The molecule has 0 fully saturated rings. The second-order valence-corrected chi connectivity index (χ2v) is 5.50. The SMILES string of the molecule is CCCc1ccc(C(F)(F)F)cc1.CCc1cccc(C(F)(F)F)c1. The van der Waals surface area contributed by atoms with Gasteiger partial charge in [-0.1, -0.05) is 50.6 Å². The van der Waals surface area contributed by atoms with Gasteiger partial charge in [-0.15, -0.1) is 0 Å². The van der Waals surface area contributed by atoms with Crippen LogP contribution >= 0.6 is 0 Å². The molecule has 0 unspecified atom stereocenters. The molecule has 0 N–H and O–H groups in total. The van der Waals surface area contributed by atoms with Crippen molar-refractivity contribution in [3.63, 3.8) is 0 Å². The van der Waals surface area contributed by atoms with Crippen molar-refractivity contribution in [2.45, 2.75) is 45.5 Å². The van der Waals surface area contributed by atoms with E-state index in [2.05, 4.69) is 0 Å². The molecule has 0 saturated heterocycles. The van der Waals surface area contributed by atoms with Gasteiger partial charge in [-0.2, -0.15) is 26.3 Å². The number of benzene rings is 2. The summed E-state index contributed by atoms with van der Waals surface area (Å²) in [5.41, 5.74) is 0.523. The first-order chi connectivity index (χ1) is 11.6. The first kappa shape index (κ1) is 21.1. The Morgan fingerprint density at radius 3 is 1.68 bits per heavy atom. The molecule has 0 amide bonds. The first-order valence-corrected chi connectivity index (χ1v) is 7.90. The Hall–Kier alpha value is -1.98. The van der Waals surface area contributed by atoms with Gasteiger partial charge in [0.1, 0.15) is 0 Å². The summed E-state index contributed by atoms with van der Waals surface area (Å²) in [7, 11) is 0. The van der Waals surface area contributed by atoms with Gasteiger partial charge >= 0.3 is 12.4 Å². The van der Waals surface area contributed by atoms with Crippen LogP contribution < -0.4 is 0 Å². The van der Waals surface area contributed by atoms with Crippen LogP contribution in [-0.4, -0.2) is 0 Å². The van der Waals surface area contributed by atoms with Crippen LogP contribution in [-0.2, 0) is 25.2 Å². The minimum atomic E-state index is -4.22. The van der Waals surface area contributed by atoms with E-state index in [4.69, 9.17) is 0 Å². The number of halogens is 6. The molecule has 0 aromatic heterocycles. The van der Waals surface area contributed by atoms with Crippen LogP contribution in [0.25, 0.3) is 0 Å². The van der Waals surface area contributed by atoms with Gasteiger partial charge in [0.15, 0.2) is 0 Å². The molecule has 0 bridgehead atoms. The fraction of sp³-hybridized carbons (Fsp3) is 0.368. The molecule has 0 aliphatic heterocycles. The zero-order valence-corrected chi connectivity index (χ0v) is 14.0. The highest BCUT2D eigenvalue weighted by Gasteiger charge is 2.30. The van der Waals surface area contributed by atoms with Gasteiger partial charge in [-0.05, 0) is 42.2 Å². The van der Waals surface area contributed by atoms with E-state index in [0.29, 0.717) is 12.0 Å². The second kappa shape index (κ2) is 8.92. The summed E-state index contributed by atoms with van der Waals surface area (Å²) in [6.07, 6.45) is -6.02. The van der Waals surface area contributed by atoms with Crippen LogP contribution in [0.1, 0.15) is 42.5 Å². The molecule has 25 heavy (non-hydrogen) atoms. The average Bonchev–Trinajstić information content (AvgIpc) is 2.55. The molecule has 0 aliphatic rings. The summed E-state index contributed by atoms with van der Waals surface area (Å²) in [4.78, 5) is 0. The van der Waals surface area contributed by atoms with Gasteiger partial charge < -0.3 is 0 Å². The largest absolute Gasteiger partial charge is 0.416 e. The van der Waals surface area contributed by atoms with E-state index in [0.717, 1.165) is 36.6 Å². The van der Waals surface area contributed by atoms with Gasteiger partial charge in [0.2, 0.25) is 0 Å². The van der Waals surface area contributed by atoms with Crippen molar-refractivity contribution >= 4 is 0 Å². The Labute approximate surface area is 143 Å². The van der Waals surface area contributed by atoms with Crippen LogP contribution in [0.3, 0.4) is 0 Å². The maximum Gasteiger partial charge on any atom is 0.416 e. The van der Waals surface area contributed by atoms with Crippen LogP contribution in [0, 0.1) is 0 Å². The molecule has 0 saturated carbocycles. The van der Waals surface area contributed by atoms with Gasteiger partial charge in [0.05, 0.1) is 11.1 Å². The summed E-state index contributed by atoms with van der Waals surface area (Å²) in [5.74, 6) is 0. The minimum Gasteiger partial charge on any atom is -0.166 e. The lowest BCUT2D eigenvalue weighted by Gasteiger charge is -2.06. The molecule has 138 valence electrons. The van der Waals surface area contributed by atoms with Crippen LogP contribution in [0.15, 0.2) is 48.5 Å². The number of hydrogen-bond donors (Lipinski definition) is 0. The topological polar surface area (TPSA) is 0 Å². The Bertz CT molecular complexity index is 638. The predicted molar refractivity (Wildman–Crippen MR) is 86.3 cm³/mol. The molecule has 0 heterocycles. The lowest BCUT2D eigenvalue weighted by molar-refractivity contribution is -0.138. The lowest BCUT2D eigenvalue weighted by Crippen LogP contribution is -2.04. The number of alkyl halides is 6. The summed E-state index contributed by atoms with van der Waals surface area (Å²) in [6.45, 7) is 3.83. The molecule has 0 radical (unpaired) electrons. The Morgan fingerprint density at radius 1 is 0.680 bits per heavy atom. The van der Waals surface area contributed by atoms with Gasteiger partial charge in [-0.3, -0.25) is 0 Å². The van der Waals surface area contributed by atoms with Crippen molar-refractivity contribution in [3.05, 3.63) is 70.8 Å². The van der Waals surface area contributed by atoms with E-state index in [9.17, 15) is 26.3 Å². The fourth-order valence-electron chi connectivity index (χ4n) is 2.12. The maximum atomic E-state index is 12.1. The van der Waals surface area contributed by atoms with Crippen molar-refractivity contribution < 1.29 is 26.3 Å². The second-order valence-electron chi connectivity index (χ2n) is 5.50. The molecule has 2 aromatic carbocycles. The number of hydrogen-bond acceptors (Lipinski definition) is 0. The van der Waals surface area contributed by atoms with Crippen LogP contribution in [0.2, 0.25) is 0 Å². The predicted octanol–water partition coefficient (Wildman–Crippen LogP) is 6.93. The maximum absolute atomic E-state index is 12.1. The standard InChI is InChI=1S/C10H11F3.C9H9F3/c1-2-3-8-4-6-9(7-5-8)10(11,12)13;1-2-7-4-3-5-8(6-7)9(10,11)12/h4-7H,2-3H2,1H3;3-6H,2H2,1H3. The molecular weight excluding hydrogens is 342 g/mol. The monoisotopic (exact) mass is 362 g/mol. The van der Waals surface area contributed by atoms with Gasteiger partial charge in [0.25, 0.3) is 0 Å². The molecular formula is C19H20F6. The summed E-state index contributed by atoms with van der Waals surface area (Å²) < 4.78 is 72.6. The Kier molecular flexibility index (Phi) is 7.52. The third-order valence-electron chi connectivity index (χ3n) is 3.48. The van der Waals surface area contributed by atoms with Crippen molar-refractivity contribution in [2.75, 3.05) is 0 Å². The van der Waals surface area contributed by atoms with Crippen molar-refractivity contribution in [3.8, 4) is 0 Å². The normalized spacial score (nSPS) is 11.7. The highest BCUT2D eigenvalue weighted by molar-refractivity contribution is 5.25. The lowest BCUT2D eigenvalue weighted by atomic mass is 10.1. The Balaban J connectivity index is 0.000000251. The van der Waals surface area contributed by atoms with Crippen molar-refractivity contribution in [1.82, 2.24) is 0 Å². The first-order valence-electron chi connectivity index (χ1n) is 7.90. The fourth-order valence-corrected chi connectivity index (χ4v) is 2.12. The summed E-state index contributed by atoms with van der Waals surface area (Å²) in [6, 6.07) is 10.7. The highest BCUT2D eigenvalue weighted by Crippen LogP contribution is 2.30. The average molecular weight is 362 g/mol. The van der Waals surface area contributed by atoms with E-state index >= 15 is 0 Å². The van der Waals surface area contributed by atoms with Crippen molar-refractivity contribution in [1.29, 1.82) is 0 Å². The number of rotatable bonds is 3. The minimum absolute atomic E-state index is 0.568. The van der Waals surface area contributed by atoms with Crippen molar-refractivity contribution in [2.24, 2.45) is 0 Å². The highest BCUT2D eigenvalue weighted by atomic mass is 19.4. The zero-order valence-electron chi connectivity index (χ0n) is 14.0. The molecule has 0 nitrogen and oxygen atoms in total. The summed E-state index contributed by atoms with van der Waals surface area (Å²) >= 11 is 0. The summed E-state index contributed by atoms with van der Waals surface area (Å²) in [5, 5.41) is 0. The molecule has 0 aliphatic carbocycles. The molecule has 0 atom stereocenters. The van der Waals surface area contributed by atoms with E-state index in [1.54, 1.807) is 6.07 Å². The van der Waals surface area contributed by atoms with Gasteiger partial charge in [-0.25, -0.2) is 0 Å². The third-order valence-corrected chi connectivity index (χ3v) is 3.48. The van der Waals surface area contributed by atoms with E-state index in [1.165, 1.54) is 24.3 Å². The van der Waals surface area contributed by atoms with Gasteiger partial charge in [0, 0.05) is 0 Å². The van der Waals surface area contributed by atoms with E-state index < -0.39 is 23.5 Å². The van der Waals surface area contributed by atoms with Crippen LogP contribution in [0.4, 0.5) is 26.3 Å². The quantitative estimate of drug-likeness (QED) is 0.520. The molecule has 0 spiro atoms. The van der Waals surface area contributed by atoms with E-state index in [1.807, 2.05) is 13.8 Å². The zero-order chi connectivity index (χ0) is 19.1. The molecule has 2 rings (SSSR count). The van der Waals surface area contributed by atoms with E-state index in [-0.39, 0.29) is 0 Å². The third kappa shape index (κ3) is 7.20. The number of aryl methyl sites for hydroxylation is 2. The Morgan fingerprint density at radius 2 is 1.24 bits per heavy atom. The smallest absolute Gasteiger partial charge is 0.166 e. The molecule has 2 aromatic rings. The molecule has 6 heteroatoms. The van der Waals surface area contributed by atoms with Crippen LogP contribution in [0.5, 0.6) is 0 Å².